The summed E-state index contributed by atoms with van der Waals surface area (Å²) >= 11 is 2.01. The highest BCUT2D eigenvalue weighted by Gasteiger charge is 2.57. The zero-order valence-corrected chi connectivity index (χ0v) is 16.8. The molecule has 26 heavy (non-hydrogen) atoms. The van der Waals surface area contributed by atoms with Crippen molar-refractivity contribution in [2.24, 2.45) is 11.3 Å². The largest absolute Gasteiger partial charge is 0.381 e. The number of halogens is 1. The average Bonchev–Trinajstić information content (AvgIpc) is 3.35. The summed E-state index contributed by atoms with van der Waals surface area (Å²) in [6.07, 6.45) is 5.67. The Kier molecular flexibility index (Phi) is 6.89. The minimum atomic E-state index is 0. The Morgan fingerprint density at radius 2 is 2.04 bits per heavy atom. The smallest absolute Gasteiger partial charge is 0.228 e. The normalized spacial score (nSPS) is 24.7. The van der Waals surface area contributed by atoms with Crippen molar-refractivity contribution in [3.8, 4) is 0 Å². The van der Waals surface area contributed by atoms with Gasteiger partial charge in [0.05, 0.1) is 0 Å². The zero-order valence-electron chi connectivity index (χ0n) is 15.2. The highest BCUT2D eigenvalue weighted by molar-refractivity contribution is 7.99. The molecule has 2 heterocycles. The molecule has 1 atom stereocenters. The van der Waals surface area contributed by atoms with E-state index in [1.807, 2.05) is 17.8 Å². The number of ether oxygens (including phenoxy) is 1. The number of carbonyl (C=O) groups excluding carboxylic acids is 1. The van der Waals surface area contributed by atoms with Crippen LogP contribution in [0.15, 0.2) is 24.3 Å². The molecule has 0 radical (unpaired) electrons. The molecule has 1 saturated carbocycles. The van der Waals surface area contributed by atoms with Crippen LogP contribution in [0.5, 0.6) is 0 Å². The van der Waals surface area contributed by atoms with E-state index in [-0.39, 0.29) is 24.2 Å². The highest BCUT2D eigenvalue weighted by atomic mass is 35.5. The maximum absolute atomic E-state index is 12.6. The molecule has 0 aromatic heterocycles. The number of nitrogens with one attached hydrogen (secondary N) is 2. The second-order valence-electron chi connectivity index (χ2n) is 7.68. The van der Waals surface area contributed by atoms with Crippen LogP contribution in [0.3, 0.4) is 0 Å². The van der Waals surface area contributed by atoms with Crippen LogP contribution < -0.4 is 10.6 Å². The van der Waals surface area contributed by atoms with Crippen LogP contribution in [0.2, 0.25) is 0 Å². The Labute approximate surface area is 166 Å². The van der Waals surface area contributed by atoms with E-state index >= 15 is 0 Å². The quantitative estimate of drug-likeness (QED) is 0.793. The lowest BCUT2D eigenvalue weighted by Crippen LogP contribution is -2.31. The first-order valence-corrected chi connectivity index (χ1v) is 10.6. The molecule has 1 spiro atoms. The van der Waals surface area contributed by atoms with Crippen molar-refractivity contribution in [2.45, 2.75) is 43.1 Å². The fourth-order valence-electron chi connectivity index (χ4n) is 4.22. The van der Waals surface area contributed by atoms with E-state index in [1.54, 1.807) is 0 Å². The van der Waals surface area contributed by atoms with Crippen molar-refractivity contribution in [3.05, 3.63) is 29.8 Å². The van der Waals surface area contributed by atoms with Gasteiger partial charge in [0, 0.05) is 35.8 Å². The van der Waals surface area contributed by atoms with Gasteiger partial charge in [0.1, 0.15) is 0 Å². The van der Waals surface area contributed by atoms with Crippen LogP contribution in [-0.4, -0.2) is 37.5 Å². The fraction of sp³-hybridized carbons (Fsp3) is 0.650. The van der Waals surface area contributed by atoms with Gasteiger partial charge in [-0.2, -0.15) is 11.8 Å². The first-order valence-electron chi connectivity index (χ1n) is 9.55. The molecule has 2 aliphatic heterocycles. The Hall–Kier alpha value is -0.750. The lowest BCUT2D eigenvalue weighted by Gasteiger charge is -2.23. The molecule has 2 saturated heterocycles. The van der Waals surface area contributed by atoms with E-state index in [9.17, 15) is 4.79 Å². The van der Waals surface area contributed by atoms with Gasteiger partial charge in [-0.1, -0.05) is 12.1 Å². The molecule has 1 aliphatic carbocycles. The van der Waals surface area contributed by atoms with Crippen LogP contribution in [0.4, 0.5) is 5.69 Å². The molecule has 1 aromatic rings. The molecular formula is C20H29ClN2O2S. The van der Waals surface area contributed by atoms with E-state index in [2.05, 4.69) is 28.8 Å². The monoisotopic (exact) mass is 396 g/mol. The van der Waals surface area contributed by atoms with Gasteiger partial charge in [-0.3, -0.25) is 4.79 Å². The van der Waals surface area contributed by atoms with Gasteiger partial charge < -0.3 is 15.4 Å². The number of piperidine rings is 1. The minimum Gasteiger partial charge on any atom is -0.381 e. The predicted molar refractivity (Wildman–Crippen MR) is 110 cm³/mol. The third kappa shape index (κ3) is 4.75. The third-order valence-corrected chi connectivity index (χ3v) is 7.40. The van der Waals surface area contributed by atoms with E-state index < -0.39 is 0 Å². The zero-order chi connectivity index (χ0) is 17.1. The van der Waals surface area contributed by atoms with Crippen molar-refractivity contribution in [3.63, 3.8) is 0 Å². The lowest BCUT2D eigenvalue weighted by molar-refractivity contribution is -0.118. The molecule has 3 aliphatic rings. The van der Waals surface area contributed by atoms with Crippen molar-refractivity contribution in [1.29, 1.82) is 0 Å². The third-order valence-electron chi connectivity index (χ3n) is 5.95. The molecule has 1 amide bonds. The van der Waals surface area contributed by atoms with Crippen molar-refractivity contribution in [1.82, 2.24) is 5.32 Å². The lowest BCUT2D eigenvalue weighted by atomic mass is 9.92. The SMILES string of the molecule is Cl.O=C(Nc1cccc(CSC2CCOCC2)c1)C1CC12CCNCC2. The summed E-state index contributed by atoms with van der Waals surface area (Å²) in [6, 6.07) is 8.37. The maximum atomic E-state index is 12.6. The van der Waals surface area contributed by atoms with E-state index in [1.165, 1.54) is 5.56 Å². The summed E-state index contributed by atoms with van der Waals surface area (Å²) in [6.45, 7) is 3.91. The van der Waals surface area contributed by atoms with Crippen molar-refractivity contribution < 1.29 is 9.53 Å². The number of carbonyl (C=O) groups is 1. The molecule has 4 rings (SSSR count). The molecule has 3 fully saturated rings. The van der Waals surface area contributed by atoms with Crippen LogP contribution in [0.25, 0.3) is 0 Å². The first kappa shape index (κ1) is 20.0. The molecular weight excluding hydrogens is 368 g/mol. The number of thioether (sulfide) groups is 1. The summed E-state index contributed by atoms with van der Waals surface area (Å²) < 4.78 is 5.43. The summed E-state index contributed by atoms with van der Waals surface area (Å²) in [5.74, 6) is 1.44. The molecule has 6 heteroatoms. The van der Waals surface area contributed by atoms with Crippen LogP contribution in [0.1, 0.15) is 37.7 Å². The van der Waals surface area contributed by atoms with Gasteiger partial charge in [0.25, 0.3) is 0 Å². The van der Waals surface area contributed by atoms with Crippen molar-refractivity contribution >= 4 is 35.8 Å². The second-order valence-corrected chi connectivity index (χ2v) is 8.97. The second kappa shape index (κ2) is 8.96. The summed E-state index contributed by atoms with van der Waals surface area (Å²) in [5, 5.41) is 7.27. The summed E-state index contributed by atoms with van der Waals surface area (Å²) in [7, 11) is 0. The predicted octanol–water partition coefficient (Wildman–Crippen LogP) is 3.85. The number of hydrogen-bond acceptors (Lipinski definition) is 4. The Bertz CT molecular complexity index is 616. The van der Waals surface area contributed by atoms with Gasteiger partial charge in [-0.25, -0.2) is 0 Å². The van der Waals surface area contributed by atoms with Gasteiger partial charge >= 0.3 is 0 Å². The van der Waals surface area contributed by atoms with E-state index in [0.29, 0.717) is 10.7 Å². The minimum absolute atomic E-state index is 0. The van der Waals surface area contributed by atoms with Gasteiger partial charge in [0.2, 0.25) is 5.91 Å². The van der Waals surface area contributed by atoms with Crippen LogP contribution in [0, 0.1) is 11.3 Å². The molecule has 1 unspecified atom stereocenters. The van der Waals surface area contributed by atoms with Gasteiger partial charge in [-0.05, 0) is 68.3 Å². The van der Waals surface area contributed by atoms with Gasteiger partial charge in [-0.15, -0.1) is 12.4 Å². The van der Waals surface area contributed by atoms with Crippen LogP contribution in [-0.2, 0) is 15.3 Å². The fourth-order valence-corrected chi connectivity index (χ4v) is 5.35. The standard InChI is InChI=1S/C20H28N2O2S.ClH/c23-19(18-13-20(18)6-8-21-9-7-20)22-16-3-1-2-15(12-16)14-25-17-4-10-24-11-5-17;/h1-3,12,17-18,21H,4-11,13-14H2,(H,22,23);1H. The maximum Gasteiger partial charge on any atom is 0.228 e. The van der Waals surface area contributed by atoms with E-state index in [0.717, 1.165) is 69.8 Å². The molecule has 4 nitrogen and oxygen atoms in total. The summed E-state index contributed by atoms with van der Waals surface area (Å²) in [5.41, 5.74) is 2.54. The van der Waals surface area contributed by atoms with Crippen LogP contribution >= 0.6 is 24.2 Å². The molecule has 2 N–H and O–H groups in total. The number of anilines is 1. The van der Waals surface area contributed by atoms with E-state index in [4.69, 9.17) is 4.74 Å². The molecule has 144 valence electrons. The topological polar surface area (TPSA) is 50.4 Å². The first-order chi connectivity index (χ1) is 12.3. The highest BCUT2D eigenvalue weighted by Crippen LogP contribution is 2.58. The number of benzene rings is 1. The summed E-state index contributed by atoms with van der Waals surface area (Å²) in [4.78, 5) is 12.6. The molecule has 1 aromatic carbocycles. The Balaban J connectivity index is 0.00000196. The van der Waals surface area contributed by atoms with Crippen molar-refractivity contribution in [2.75, 3.05) is 31.6 Å². The number of amides is 1. The molecule has 0 bridgehead atoms. The number of rotatable bonds is 5. The Morgan fingerprint density at radius 1 is 1.27 bits per heavy atom. The van der Waals surface area contributed by atoms with Gasteiger partial charge in [0.15, 0.2) is 0 Å². The average molecular weight is 397 g/mol. The Morgan fingerprint density at radius 3 is 2.81 bits per heavy atom. The number of hydrogen-bond donors (Lipinski definition) is 2.